The smallest absolute Gasteiger partial charge is 0.363 e. The van der Waals surface area contributed by atoms with E-state index in [0.717, 1.165) is 6.07 Å². The molecule has 0 spiro atoms. The number of non-ortho nitro benzene ring substituents is 1. The molecule has 4 aromatic carbocycles. The monoisotopic (exact) mass is 496 g/mol. The van der Waals surface area contributed by atoms with Gasteiger partial charge >= 0.3 is 11.9 Å². The standard InChI is InChI=1S/C27H20N4O6/c32-25(19-8-7-13-24(18-19)31(35)36)37-30-23-16-14-22(15-17-23)28-29-26(33)27(34,20-9-3-1-4-10-20)21-11-5-2-6-12-21/h1-18,30,34H. The van der Waals surface area contributed by atoms with Gasteiger partial charge in [-0.15, -0.1) is 10.2 Å². The van der Waals surface area contributed by atoms with Crippen LogP contribution in [0.15, 0.2) is 119 Å². The lowest BCUT2D eigenvalue weighted by atomic mass is 9.86. The molecule has 4 aromatic rings. The molecule has 0 bridgehead atoms. The average molecular weight is 496 g/mol. The number of benzene rings is 4. The Morgan fingerprint density at radius 2 is 1.43 bits per heavy atom. The summed E-state index contributed by atoms with van der Waals surface area (Å²) in [6, 6.07) is 28.2. The van der Waals surface area contributed by atoms with Crippen molar-refractivity contribution in [3.05, 3.63) is 136 Å². The van der Waals surface area contributed by atoms with Crippen LogP contribution in [0.1, 0.15) is 21.5 Å². The Labute approximate surface area is 211 Å². The Morgan fingerprint density at radius 3 is 2.00 bits per heavy atom. The third-order valence-electron chi connectivity index (χ3n) is 5.37. The van der Waals surface area contributed by atoms with Crippen LogP contribution < -0.4 is 5.48 Å². The van der Waals surface area contributed by atoms with Gasteiger partial charge in [-0.05, 0) is 41.5 Å². The Hall–Kier alpha value is -5.22. The van der Waals surface area contributed by atoms with E-state index < -0.39 is 22.4 Å². The summed E-state index contributed by atoms with van der Waals surface area (Å²) in [5.41, 5.74) is 1.62. The summed E-state index contributed by atoms with van der Waals surface area (Å²) in [6.07, 6.45) is 0. The molecule has 0 saturated heterocycles. The Morgan fingerprint density at radius 1 is 0.838 bits per heavy atom. The van der Waals surface area contributed by atoms with E-state index in [-0.39, 0.29) is 11.3 Å². The Bertz CT molecular complexity index is 1400. The zero-order valence-electron chi connectivity index (χ0n) is 19.2. The number of azo groups is 1. The van der Waals surface area contributed by atoms with Crippen LogP contribution in [0, 0.1) is 10.1 Å². The first-order chi connectivity index (χ1) is 17.9. The van der Waals surface area contributed by atoms with Crippen LogP contribution in [-0.2, 0) is 15.2 Å². The Balaban J connectivity index is 1.44. The summed E-state index contributed by atoms with van der Waals surface area (Å²) < 4.78 is 0. The first kappa shape index (κ1) is 24.9. The molecule has 4 rings (SSSR count). The maximum Gasteiger partial charge on any atom is 0.363 e. The molecule has 0 radical (unpaired) electrons. The topological polar surface area (TPSA) is 143 Å². The zero-order chi connectivity index (χ0) is 26.3. The number of nitro groups is 1. The quantitative estimate of drug-likeness (QED) is 0.191. The number of nitrogens with one attached hydrogen (secondary N) is 1. The molecule has 0 saturated carbocycles. The summed E-state index contributed by atoms with van der Waals surface area (Å²) in [5, 5.41) is 30.0. The highest BCUT2D eigenvalue weighted by atomic mass is 16.7. The predicted octanol–water partition coefficient (Wildman–Crippen LogP) is 5.33. The van der Waals surface area contributed by atoms with Gasteiger partial charge in [0.2, 0.25) is 0 Å². The van der Waals surface area contributed by atoms with Gasteiger partial charge in [0.15, 0.2) is 5.60 Å². The van der Waals surface area contributed by atoms with Gasteiger partial charge in [-0.2, -0.15) is 0 Å². The minimum absolute atomic E-state index is 0.00921. The van der Waals surface area contributed by atoms with E-state index in [1.165, 1.54) is 42.5 Å². The zero-order valence-corrected chi connectivity index (χ0v) is 19.2. The maximum absolute atomic E-state index is 13.1. The number of carbonyl (C=O) groups is 2. The van der Waals surface area contributed by atoms with Gasteiger partial charge in [-0.3, -0.25) is 14.9 Å². The largest absolute Gasteiger partial charge is 0.372 e. The second-order valence-corrected chi connectivity index (χ2v) is 7.79. The lowest BCUT2D eigenvalue weighted by Gasteiger charge is -2.25. The van der Waals surface area contributed by atoms with Crippen LogP contribution >= 0.6 is 0 Å². The molecular weight excluding hydrogens is 476 g/mol. The van der Waals surface area contributed by atoms with Crippen molar-refractivity contribution < 1.29 is 24.5 Å². The maximum atomic E-state index is 13.1. The third-order valence-corrected chi connectivity index (χ3v) is 5.37. The number of nitro benzene ring substituents is 1. The van der Waals surface area contributed by atoms with Crippen LogP contribution in [0.4, 0.5) is 17.1 Å². The highest BCUT2D eigenvalue weighted by Gasteiger charge is 2.40. The molecule has 0 aromatic heterocycles. The molecule has 10 nitrogen and oxygen atoms in total. The molecule has 10 heteroatoms. The van der Waals surface area contributed by atoms with Crippen molar-refractivity contribution in [2.24, 2.45) is 10.2 Å². The first-order valence-electron chi connectivity index (χ1n) is 11.0. The van der Waals surface area contributed by atoms with E-state index in [1.54, 1.807) is 60.7 Å². The van der Waals surface area contributed by atoms with Gasteiger partial charge in [0.25, 0.3) is 5.69 Å². The summed E-state index contributed by atoms with van der Waals surface area (Å²) in [5.74, 6) is -1.67. The van der Waals surface area contributed by atoms with Crippen molar-refractivity contribution in [3.8, 4) is 0 Å². The number of amides is 1. The second-order valence-electron chi connectivity index (χ2n) is 7.79. The van der Waals surface area contributed by atoms with Gasteiger partial charge in [0, 0.05) is 12.1 Å². The Kier molecular flexibility index (Phi) is 7.41. The minimum atomic E-state index is -2.02. The molecule has 0 atom stereocenters. The fraction of sp³-hybridized carbons (Fsp3) is 0.0370. The van der Waals surface area contributed by atoms with E-state index in [4.69, 9.17) is 4.84 Å². The number of hydrogen-bond donors (Lipinski definition) is 2. The van der Waals surface area contributed by atoms with Crippen molar-refractivity contribution in [2.45, 2.75) is 5.60 Å². The van der Waals surface area contributed by atoms with Crippen molar-refractivity contribution in [1.29, 1.82) is 0 Å². The van der Waals surface area contributed by atoms with Crippen LogP contribution in [0.5, 0.6) is 0 Å². The lowest BCUT2D eigenvalue weighted by molar-refractivity contribution is -0.384. The van der Waals surface area contributed by atoms with E-state index in [1.807, 2.05) is 0 Å². The highest BCUT2D eigenvalue weighted by Crippen LogP contribution is 2.31. The highest BCUT2D eigenvalue weighted by molar-refractivity contribution is 5.91. The van der Waals surface area contributed by atoms with Gasteiger partial charge in [0.1, 0.15) is 0 Å². The summed E-state index contributed by atoms with van der Waals surface area (Å²) in [6.45, 7) is 0. The van der Waals surface area contributed by atoms with Crippen molar-refractivity contribution in [1.82, 2.24) is 0 Å². The number of carbonyl (C=O) groups excluding carboxylic acids is 2. The number of nitrogens with zero attached hydrogens (tertiary/aromatic N) is 3. The van der Waals surface area contributed by atoms with Crippen LogP contribution in [0.2, 0.25) is 0 Å². The molecule has 184 valence electrons. The number of anilines is 1. The van der Waals surface area contributed by atoms with Crippen LogP contribution in [0.25, 0.3) is 0 Å². The average Bonchev–Trinajstić information content (AvgIpc) is 2.95. The molecule has 0 aliphatic heterocycles. The summed E-state index contributed by atoms with van der Waals surface area (Å²) >= 11 is 0. The fourth-order valence-electron chi connectivity index (χ4n) is 3.45. The SMILES string of the molecule is O=C(ONc1ccc(N=NC(=O)C(O)(c2ccccc2)c2ccccc2)cc1)c1cccc([N+](=O)[O-])c1. The molecule has 37 heavy (non-hydrogen) atoms. The number of rotatable bonds is 8. The minimum Gasteiger partial charge on any atom is -0.372 e. The van der Waals surface area contributed by atoms with Crippen molar-refractivity contribution in [3.63, 3.8) is 0 Å². The van der Waals surface area contributed by atoms with E-state index in [9.17, 15) is 24.8 Å². The van der Waals surface area contributed by atoms with Crippen molar-refractivity contribution in [2.75, 3.05) is 5.48 Å². The van der Waals surface area contributed by atoms with Crippen molar-refractivity contribution >= 4 is 28.9 Å². The molecular formula is C27H20N4O6. The molecule has 0 heterocycles. The van der Waals surface area contributed by atoms with E-state index in [2.05, 4.69) is 15.7 Å². The molecule has 2 N–H and O–H groups in total. The van der Waals surface area contributed by atoms with Gasteiger partial charge in [0.05, 0.1) is 21.9 Å². The van der Waals surface area contributed by atoms with E-state index >= 15 is 0 Å². The molecule has 0 unspecified atom stereocenters. The van der Waals surface area contributed by atoms with Gasteiger partial charge in [-0.25, -0.2) is 10.3 Å². The lowest BCUT2D eigenvalue weighted by Crippen LogP contribution is -2.35. The fourth-order valence-corrected chi connectivity index (χ4v) is 3.45. The molecule has 0 aliphatic rings. The number of hydrogen-bond acceptors (Lipinski definition) is 8. The second kappa shape index (κ2) is 11.0. The van der Waals surface area contributed by atoms with Gasteiger partial charge in [-0.1, -0.05) is 66.7 Å². The van der Waals surface area contributed by atoms with Crippen LogP contribution in [0.3, 0.4) is 0 Å². The number of aliphatic hydroxyl groups is 1. The normalized spacial score (nSPS) is 11.2. The van der Waals surface area contributed by atoms with E-state index in [0.29, 0.717) is 22.5 Å². The summed E-state index contributed by atoms with van der Waals surface area (Å²) in [4.78, 5) is 40.5. The first-order valence-corrected chi connectivity index (χ1v) is 11.0. The molecule has 0 aliphatic carbocycles. The molecule has 1 amide bonds. The third kappa shape index (κ3) is 5.72. The predicted molar refractivity (Wildman–Crippen MR) is 134 cm³/mol. The van der Waals surface area contributed by atoms with Crippen LogP contribution in [-0.4, -0.2) is 21.9 Å². The molecule has 0 fully saturated rings. The summed E-state index contributed by atoms with van der Waals surface area (Å²) in [7, 11) is 0. The van der Waals surface area contributed by atoms with Gasteiger partial charge < -0.3 is 9.94 Å².